The van der Waals surface area contributed by atoms with Crippen LogP contribution in [0.3, 0.4) is 0 Å². The van der Waals surface area contributed by atoms with E-state index in [1.54, 1.807) is 0 Å². The summed E-state index contributed by atoms with van der Waals surface area (Å²) in [6.45, 7) is 0. The van der Waals surface area contributed by atoms with Gasteiger partial charge in [0.15, 0.2) is 0 Å². The Kier molecular flexibility index (Phi) is 3.70. The molecule has 0 spiro atoms. The molecule has 4 nitrogen and oxygen atoms in total. The van der Waals surface area contributed by atoms with Crippen LogP contribution >= 0.6 is 0 Å². The van der Waals surface area contributed by atoms with Gasteiger partial charge in [-0.2, -0.15) is 5.26 Å². The van der Waals surface area contributed by atoms with Gasteiger partial charge in [0.25, 0.3) is 5.91 Å². The Hall–Kier alpha value is -2.80. The first kappa shape index (κ1) is 14.8. The number of para-hydroxylation sites is 1. The maximum Gasteiger partial charge on any atom is 0.258 e. The molecule has 2 aromatic carbocycles. The van der Waals surface area contributed by atoms with Crippen LogP contribution in [0, 0.1) is 11.3 Å². The molecule has 0 radical (unpaired) electrons. The molecule has 1 fully saturated rings. The van der Waals surface area contributed by atoms with E-state index < -0.39 is 0 Å². The highest BCUT2D eigenvalue weighted by molar-refractivity contribution is 6.01. The summed E-state index contributed by atoms with van der Waals surface area (Å²) in [7, 11) is 0. The molecule has 1 aliphatic carbocycles. The number of nitriles is 1. The second-order valence-corrected chi connectivity index (χ2v) is 6.48. The maximum atomic E-state index is 13.1. The second kappa shape index (κ2) is 6.01. The molecular formula is C20H19N3O. The van der Waals surface area contributed by atoms with Gasteiger partial charge in [-0.05, 0) is 42.7 Å². The van der Waals surface area contributed by atoms with Crippen LogP contribution in [-0.2, 0) is 0 Å². The number of hydrogen-bond acceptors (Lipinski definition) is 3. The zero-order valence-corrected chi connectivity index (χ0v) is 13.4. The first-order chi connectivity index (χ1) is 11.8. The summed E-state index contributed by atoms with van der Waals surface area (Å²) in [4.78, 5) is 15.2. The van der Waals surface area contributed by atoms with Crippen LogP contribution in [0.1, 0.15) is 53.3 Å². The quantitative estimate of drug-likeness (QED) is 0.908. The fourth-order valence-electron chi connectivity index (χ4n) is 3.81. The third-order valence-electron chi connectivity index (χ3n) is 5.04. The van der Waals surface area contributed by atoms with E-state index in [9.17, 15) is 4.79 Å². The Morgan fingerprint density at radius 1 is 1.04 bits per heavy atom. The lowest BCUT2D eigenvalue weighted by molar-refractivity contribution is 0.0585. The molecule has 0 unspecified atom stereocenters. The fraction of sp³-hybridized carbons (Fsp3) is 0.300. The molecule has 0 bridgehead atoms. The van der Waals surface area contributed by atoms with Crippen molar-refractivity contribution in [2.45, 2.75) is 37.9 Å². The van der Waals surface area contributed by atoms with Crippen LogP contribution in [0.2, 0.25) is 0 Å². The van der Waals surface area contributed by atoms with Crippen molar-refractivity contribution < 1.29 is 4.79 Å². The molecule has 1 saturated carbocycles. The van der Waals surface area contributed by atoms with Gasteiger partial charge < -0.3 is 10.2 Å². The van der Waals surface area contributed by atoms with Gasteiger partial charge in [0.2, 0.25) is 0 Å². The third kappa shape index (κ3) is 2.43. The first-order valence-electron chi connectivity index (χ1n) is 8.46. The molecule has 1 amide bonds. The van der Waals surface area contributed by atoms with Crippen LogP contribution < -0.4 is 5.32 Å². The summed E-state index contributed by atoms with van der Waals surface area (Å²) in [5.74, 6) is 0.102. The van der Waals surface area contributed by atoms with Crippen LogP contribution in [0.5, 0.6) is 0 Å². The van der Waals surface area contributed by atoms with Crippen molar-refractivity contribution in [3.8, 4) is 6.07 Å². The lowest BCUT2D eigenvalue weighted by atomic mass is 10.00. The van der Waals surface area contributed by atoms with Gasteiger partial charge in [0.05, 0.1) is 17.2 Å². The van der Waals surface area contributed by atoms with E-state index in [4.69, 9.17) is 5.26 Å². The summed E-state index contributed by atoms with van der Waals surface area (Å²) in [5, 5.41) is 12.5. The predicted molar refractivity (Wildman–Crippen MR) is 92.4 cm³/mol. The molecule has 0 aromatic heterocycles. The van der Waals surface area contributed by atoms with Crippen molar-refractivity contribution >= 4 is 11.6 Å². The van der Waals surface area contributed by atoms with Crippen molar-refractivity contribution in [3.63, 3.8) is 0 Å². The number of rotatable bonds is 2. The highest BCUT2D eigenvalue weighted by Crippen LogP contribution is 2.38. The monoisotopic (exact) mass is 317 g/mol. The number of carbonyl (C=O) groups is 1. The molecule has 4 rings (SSSR count). The first-order valence-corrected chi connectivity index (χ1v) is 8.46. The molecule has 120 valence electrons. The van der Waals surface area contributed by atoms with Gasteiger partial charge in [-0.3, -0.25) is 4.79 Å². The number of amides is 1. The lowest BCUT2D eigenvalue weighted by Crippen LogP contribution is -2.47. The van der Waals surface area contributed by atoms with E-state index in [0.29, 0.717) is 5.56 Å². The number of fused-ring (bicyclic) bond motifs is 1. The Morgan fingerprint density at radius 2 is 1.75 bits per heavy atom. The van der Waals surface area contributed by atoms with Gasteiger partial charge >= 0.3 is 0 Å². The van der Waals surface area contributed by atoms with Gasteiger partial charge in [0.1, 0.15) is 6.17 Å². The minimum Gasteiger partial charge on any atom is -0.361 e. The van der Waals surface area contributed by atoms with E-state index in [1.807, 2.05) is 53.4 Å². The molecule has 2 aromatic rings. The Labute approximate surface area is 141 Å². The van der Waals surface area contributed by atoms with E-state index in [1.165, 1.54) is 12.8 Å². The van der Waals surface area contributed by atoms with Crippen molar-refractivity contribution in [2.24, 2.45) is 0 Å². The molecule has 2 aliphatic rings. The standard InChI is InChI=1S/C20H19N3O/c21-13-14-9-11-15(12-10-14)19-22-18-8-4-3-7-17(18)20(24)23(19)16-5-1-2-6-16/h3-4,7-12,16,19,22H,1-2,5-6H2/t19-/m1/s1. The van der Waals surface area contributed by atoms with Crippen molar-refractivity contribution in [3.05, 3.63) is 65.2 Å². The molecular weight excluding hydrogens is 298 g/mol. The second-order valence-electron chi connectivity index (χ2n) is 6.48. The molecule has 4 heteroatoms. The van der Waals surface area contributed by atoms with Gasteiger partial charge in [-0.1, -0.05) is 37.1 Å². The number of carbonyl (C=O) groups excluding carboxylic acids is 1. The summed E-state index contributed by atoms with van der Waals surface area (Å²) in [5.41, 5.74) is 3.28. The SMILES string of the molecule is N#Cc1ccc([C@@H]2Nc3ccccc3C(=O)N2C2CCCC2)cc1. The highest BCUT2D eigenvalue weighted by atomic mass is 16.2. The zero-order valence-electron chi connectivity index (χ0n) is 13.4. The third-order valence-corrected chi connectivity index (χ3v) is 5.04. The fourth-order valence-corrected chi connectivity index (χ4v) is 3.81. The smallest absolute Gasteiger partial charge is 0.258 e. The Morgan fingerprint density at radius 3 is 2.46 bits per heavy atom. The largest absolute Gasteiger partial charge is 0.361 e. The summed E-state index contributed by atoms with van der Waals surface area (Å²) in [6.07, 6.45) is 4.29. The number of nitrogens with zero attached hydrogens (tertiary/aromatic N) is 2. The van der Waals surface area contributed by atoms with Crippen LogP contribution in [0.25, 0.3) is 0 Å². The highest BCUT2D eigenvalue weighted by Gasteiger charge is 2.38. The normalized spacial score (nSPS) is 20.4. The predicted octanol–water partition coefficient (Wildman–Crippen LogP) is 4.07. The van der Waals surface area contributed by atoms with E-state index >= 15 is 0 Å². The van der Waals surface area contributed by atoms with Crippen molar-refractivity contribution in [1.29, 1.82) is 5.26 Å². The molecule has 0 saturated heterocycles. The number of hydrogen-bond donors (Lipinski definition) is 1. The maximum absolute atomic E-state index is 13.1. The van der Waals surface area contributed by atoms with Crippen LogP contribution in [0.4, 0.5) is 5.69 Å². The zero-order chi connectivity index (χ0) is 16.5. The lowest BCUT2D eigenvalue weighted by Gasteiger charge is -2.41. The topological polar surface area (TPSA) is 56.1 Å². The van der Waals surface area contributed by atoms with Gasteiger partial charge in [-0.15, -0.1) is 0 Å². The molecule has 1 N–H and O–H groups in total. The van der Waals surface area contributed by atoms with Gasteiger partial charge in [0, 0.05) is 11.7 Å². The summed E-state index contributed by atoms with van der Waals surface area (Å²) >= 11 is 0. The molecule has 1 aliphatic heterocycles. The minimum absolute atomic E-state index is 0.102. The average Bonchev–Trinajstić information content (AvgIpc) is 3.16. The van der Waals surface area contributed by atoms with E-state index in [2.05, 4.69) is 11.4 Å². The summed E-state index contributed by atoms with van der Waals surface area (Å²) < 4.78 is 0. The number of benzene rings is 2. The number of nitrogens with one attached hydrogen (secondary N) is 1. The Bertz CT molecular complexity index is 800. The average molecular weight is 317 g/mol. The Balaban J connectivity index is 1.77. The molecule has 1 heterocycles. The van der Waals surface area contributed by atoms with Crippen molar-refractivity contribution in [2.75, 3.05) is 5.32 Å². The van der Waals surface area contributed by atoms with Crippen LogP contribution in [-0.4, -0.2) is 16.8 Å². The van der Waals surface area contributed by atoms with E-state index in [-0.39, 0.29) is 18.1 Å². The van der Waals surface area contributed by atoms with E-state index in [0.717, 1.165) is 29.7 Å². The van der Waals surface area contributed by atoms with Gasteiger partial charge in [-0.25, -0.2) is 0 Å². The van der Waals surface area contributed by atoms with Crippen LogP contribution in [0.15, 0.2) is 48.5 Å². The van der Waals surface area contributed by atoms with Crippen molar-refractivity contribution in [1.82, 2.24) is 4.90 Å². The molecule has 1 atom stereocenters. The number of anilines is 1. The molecule has 24 heavy (non-hydrogen) atoms. The summed E-state index contributed by atoms with van der Waals surface area (Å²) in [6, 6.07) is 17.6. The minimum atomic E-state index is -0.178.